The molecule has 3 aromatic heterocycles. The van der Waals surface area contributed by atoms with Gasteiger partial charge in [0.25, 0.3) is 0 Å². The van der Waals surface area contributed by atoms with Gasteiger partial charge in [0.2, 0.25) is 5.28 Å². The van der Waals surface area contributed by atoms with E-state index in [0.717, 1.165) is 60.8 Å². The second kappa shape index (κ2) is 9.87. The molecule has 0 spiro atoms. The molecule has 0 aliphatic carbocycles. The topological polar surface area (TPSA) is 77.6 Å². The number of nitrogens with zero attached hydrogens (tertiary/aromatic N) is 5. The molecule has 0 fully saturated rings. The standard InChI is InChI=1S/C35H20ClN5O/c36-35-40-33(21-9-2-1-3-10-21)39-34(41-35)28-15-8-14-26-24-18-17-22(19-30(24)42-32(26)28)23-11-4-5-12-25(23)31-27-13-6-7-16-29(27)37-20-38-31/h1-20H. The maximum atomic E-state index is 6.53. The van der Waals surface area contributed by atoms with Crippen LogP contribution in [0.15, 0.2) is 126 Å². The minimum atomic E-state index is 0.128. The van der Waals surface area contributed by atoms with Crippen LogP contribution in [0.5, 0.6) is 0 Å². The van der Waals surface area contributed by atoms with E-state index in [1.807, 2.05) is 78.9 Å². The Bertz CT molecular complexity index is 2280. The molecule has 0 N–H and O–H groups in total. The largest absolute Gasteiger partial charge is 0.455 e. The number of para-hydroxylation sites is 2. The second-order valence-electron chi connectivity index (χ2n) is 9.90. The lowest BCUT2D eigenvalue weighted by Gasteiger charge is -2.11. The predicted octanol–water partition coefficient (Wildman–Crippen LogP) is 9.04. The molecular formula is C35H20ClN5O. The molecular weight excluding hydrogens is 542 g/mol. The lowest BCUT2D eigenvalue weighted by molar-refractivity contribution is 0.669. The first-order valence-electron chi connectivity index (χ1n) is 13.4. The van der Waals surface area contributed by atoms with Crippen molar-refractivity contribution in [3.63, 3.8) is 0 Å². The van der Waals surface area contributed by atoms with Gasteiger partial charge in [0.1, 0.15) is 17.5 Å². The molecule has 3 heterocycles. The van der Waals surface area contributed by atoms with Crippen LogP contribution in [0.25, 0.3) is 78.0 Å². The minimum Gasteiger partial charge on any atom is -0.455 e. The lowest BCUT2D eigenvalue weighted by atomic mass is 9.95. The fourth-order valence-corrected chi connectivity index (χ4v) is 5.65. The molecule has 0 amide bonds. The van der Waals surface area contributed by atoms with E-state index in [0.29, 0.717) is 17.2 Å². The van der Waals surface area contributed by atoms with Gasteiger partial charge in [-0.2, -0.15) is 9.97 Å². The zero-order chi connectivity index (χ0) is 28.0. The third-order valence-electron chi connectivity index (χ3n) is 7.42. The smallest absolute Gasteiger partial charge is 0.226 e. The van der Waals surface area contributed by atoms with Gasteiger partial charge in [-0.3, -0.25) is 0 Å². The summed E-state index contributed by atoms with van der Waals surface area (Å²) in [6, 6.07) is 38.3. The van der Waals surface area contributed by atoms with E-state index in [1.165, 1.54) is 0 Å². The number of benzene rings is 5. The first kappa shape index (κ1) is 24.3. The normalized spacial score (nSPS) is 11.5. The predicted molar refractivity (Wildman–Crippen MR) is 167 cm³/mol. The maximum absolute atomic E-state index is 6.53. The van der Waals surface area contributed by atoms with Gasteiger partial charge in [0, 0.05) is 27.3 Å². The maximum Gasteiger partial charge on any atom is 0.226 e. The zero-order valence-corrected chi connectivity index (χ0v) is 22.8. The van der Waals surface area contributed by atoms with Crippen LogP contribution in [0.3, 0.4) is 0 Å². The molecule has 0 aliphatic rings. The van der Waals surface area contributed by atoms with Crippen LogP contribution in [0, 0.1) is 0 Å². The average Bonchev–Trinajstić information content (AvgIpc) is 3.43. The van der Waals surface area contributed by atoms with Crippen LogP contribution in [-0.4, -0.2) is 24.9 Å². The van der Waals surface area contributed by atoms with Crippen molar-refractivity contribution >= 4 is 44.4 Å². The van der Waals surface area contributed by atoms with Crippen molar-refractivity contribution in [1.82, 2.24) is 24.9 Å². The number of rotatable bonds is 4. The molecule has 0 radical (unpaired) electrons. The third kappa shape index (κ3) is 4.08. The Morgan fingerprint density at radius 3 is 2.17 bits per heavy atom. The molecule has 0 bridgehead atoms. The molecule has 0 aliphatic heterocycles. The summed E-state index contributed by atoms with van der Waals surface area (Å²) >= 11 is 6.37. The quantitative estimate of drug-likeness (QED) is 0.213. The summed E-state index contributed by atoms with van der Waals surface area (Å²) in [7, 11) is 0. The molecule has 0 saturated carbocycles. The third-order valence-corrected chi connectivity index (χ3v) is 7.58. The highest BCUT2D eigenvalue weighted by atomic mass is 35.5. The highest BCUT2D eigenvalue weighted by Crippen LogP contribution is 2.39. The Morgan fingerprint density at radius 2 is 1.26 bits per heavy atom. The molecule has 42 heavy (non-hydrogen) atoms. The fraction of sp³-hybridized carbons (Fsp3) is 0. The van der Waals surface area contributed by atoms with E-state index >= 15 is 0 Å². The Hall–Kier alpha value is -5.46. The Kier molecular flexibility index (Phi) is 5.72. The van der Waals surface area contributed by atoms with E-state index in [1.54, 1.807) is 6.33 Å². The Morgan fingerprint density at radius 1 is 0.524 bits per heavy atom. The van der Waals surface area contributed by atoms with Crippen LogP contribution in [-0.2, 0) is 0 Å². The molecule has 5 aromatic carbocycles. The molecule has 198 valence electrons. The van der Waals surface area contributed by atoms with Crippen molar-refractivity contribution in [3.05, 3.63) is 127 Å². The molecule has 6 nitrogen and oxygen atoms in total. The SMILES string of the molecule is Clc1nc(-c2ccccc2)nc(-c2cccc3c2oc2cc(-c4ccccc4-c4ncnc5ccccc45)ccc23)n1. The molecule has 7 heteroatoms. The minimum absolute atomic E-state index is 0.128. The molecule has 8 rings (SSSR count). The summed E-state index contributed by atoms with van der Waals surface area (Å²) in [5.74, 6) is 0.967. The van der Waals surface area contributed by atoms with Gasteiger partial charge >= 0.3 is 0 Å². The number of hydrogen-bond acceptors (Lipinski definition) is 6. The molecule has 0 saturated heterocycles. The second-order valence-corrected chi connectivity index (χ2v) is 10.2. The molecule has 8 aromatic rings. The number of halogens is 1. The van der Waals surface area contributed by atoms with E-state index in [2.05, 4.69) is 56.3 Å². The lowest BCUT2D eigenvalue weighted by Crippen LogP contribution is -1.97. The summed E-state index contributed by atoms with van der Waals surface area (Å²) in [6.45, 7) is 0. The van der Waals surface area contributed by atoms with Crippen molar-refractivity contribution in [1.29, 1.82) is 0 Å². The summed E-state index contributed by atoms with van der Waals surface area (Å²) in [5.41, 5.74) is 7.98. The van der Waals surface area contributed by atoms with Crippen molar-refractivity contribution in [2.75, 3.05) is 0 Å². The van der Waals surface area contributed by atoms with Crippen molar-refractivity contribution in [3.8, 4) is 45.2 Å². The van der Waals surface area contributed by atoms with Crippen LogP contribution in [0.2, 0.25) is 5.28 Å². The van der Waals surface area contributed by atoms with E-state index < -0.39 is 0 Å². The van der Waals surface area contributed by atoms with Gasteiger partial charge < -0.3 is 4.42 Å². The van der Waals surface area contributed by atoms with Crippen molar-refractivity contribution in [2.45, 2.75) is 0 Å². The first-order chi connectivity index (χ1) is 20.7. The van der Waals surface area contributed by atoms with Crippen LogP contribution >= 0.6 is 11.6 Å². The van der Waals surface area contributed by atoms with Crippen molar-refractivity contribution in [2.24, 2.45) is 0 Å². The number of fused-ring (bicyclic) bond motifs is 4. The zero-order valence-electron chi connectivity index (χ0n) is 22.1. The summed E-state index contributed by atoms with van der Waals surface area (Å²) in [5, 5.41) is 3.11. The summed E-state index contributed by atoms with van der Waals surface area (Å²) in [4.78, 5) is 22.7. The van der Waals surface area contributed by atoms with Gasteiger partial charge in [-0.05, 0) is 47.0 Å². The highest BCUT2D eigenvalue weighted by molar-refractivity contribution is 6.28. The number of aromatic nitrogens is 5. The van der Waals surface area contributed by atoms with Crippen LogP contribution in [0.1, 0.15) is 0 Å². The summed E-state index contributed by atoms with van der Waals surface area (Å²) < 4.78 is 6.53. The Labute approximate surface area is 245 Å². The van der Waals surface area contributed by atoms with Gasteiger partial charge in [-0.25, -0.2) is 15.0 Å². The highest BCUT2D eigenvalue weighted by Gasteiger charge is 2.18. The van der Waals surface area contributed by atoms with Crippen LogP contribution in [0.4, 0.5) is 0 Å². The fourth-order valence-electron chi connectivity index (χ4n) is 5.49. The average molecular weight is 562 g/mol. The van der Waals surface area contributed by atoms with Crippen molar-refractivity contribution < 1.29 is 4.42 Å². The summed E-state index contributed by atoms with van der Waals surface area (Å²) in [6.07, 6.45) is 1.62. The van der Waals surface area contributed by atoms with E-state index in [9.17, 15) is 0 Å². The number of hydrogen-bond donors (Lipinski definition) is 0. The van der Waals surface area contributed by atoms with Crippen LogP contribution < -0.4 is 0 Å². The van der Waals surface area contributed by atoms with Gasteiger partial charge in [-0.15, -0.1) is 0 Å². The molecule has 0 unspecified atom stereocenters. The monoisotopic (exact) mass is 561 g/mol. The van der Waals surface area contributed by atoms with Gasteiger partial charge in [-0.1, -0.05) is 91.0 Å². The van der Waals surface area contributed by atoms with E-state index in [4.69, 9.17) is 21.0 Å². The Balaban J connectivity index is 1.28. The van der Waals surface area contributed by atoms with Gasteiger partial charge in [0.05, 0.1) is 16.8 Å². The first-order valence-corrected chi connectivity index (χ1v) is 13.8. The van der Waals surface area contributed by atoms with Gasteiger partial charge in [0.15, 0.2) is 11.6 Å². The number of furan rings is 1. The van der Waals surface area contributed by atoms with E-state index in [-0.39, 0.29) is 5.28 Å². The molecule has 0 atom stereocenters.